The first-order chi connectivity index (χ1) is 6.11. The number of aryl methyl sites for hydroxylation is 1. The summed E-state index contributed by atoms with van der Waals surface area (Å²) in [6, 6.07) is 1.97. The van der Waals surface area contributed by atoms with Crippen molar-refractivity contribution in [2.45, 2.75) is 20.3 Å². The Labute approximate surface area is 87.2 Å². The smallest absolute Gasteiger partial charge is 0.136 e. The molecule has 0 radical (unpaired) electrons. The van der Waals surface area contributed by atoms with Gasteiger partial charge in [0.05, 0.1) is 11.6 Å². The molecule has 1 aromatic carbocycles. The predicted molar refractivity (Wildman–Crippen MR) is 59.2 cm³/mol. The number of benzene rings is 1. The van der Waals surface area contributed by atoms with Gasteiger partial charge in [0.15, 0.2) is 0 Å². The third kappa shape index (κ3) is 1.80. The molecule has 0 amide bonds. The molecular weight excluding hydrogens is 230 g/mol. The molecule has 0 unspecified atom stereocenters. The highest BCUT2D eigenvalue weighted by molar-refractivity contribution is 9.10. The maximum Gasteiger partial charge on any atom is 0.136 e. The summed E-state index contributed by atoms with van der Waals surface area (Å²) in [6.07, 6.45) is 0.923. The second kappa shape index (κ2) is 4.01. The molecule has 13 heavy (non-hydrogen) atoms. The number of halogens is 1. The Bertz CT molecular complexity index is 323. The maximum atomic E-state index is 5.84. The van der Waals surface area contributed by atoms with Crippen LogP contribution in [0.5, 0.6) is 5.75 Å². The van der Waals surface area contributed by atoms with Crippen LogP contribution in [0.25, 0.3) is 0 Å². The third-order valence-corrected chi connectivity index (χ3v) is 3.12. The first-order valence-electron chi connectivity index (χ1n) is 4.23. The highest BCUT2D eigenvalue weighted by Gasteiger charge is 2.11. The van der Waals surface area contributed by atoms with E-state index in [0.717, 1.165) is 33.5 Å². The van der Waals surface area contributed by atoms with E-state index in [0.29, 0.717) is 0 Å². The average Bonchev–Trinajstić information content (AvgIpc) is 2.13. The summed E-state index contributed by atoms with van der Waals surface area (Å²) in [4.78, 5) is 0. The molecule has 2 N–H and O–H groups in total. The summed E-state index contributed by atoms with van der Waals surface area (Å²) in [5.74, 6) is 0.897. The van der Waals surface area contributed by atoms with E-state index in [2.05, 4.69) is 22.9 Å². The van der Waals surface area contributed by atoms with Crippen LogP contribution in [0, 0.1) is 6.92 Å². The normalized spacial score (nSPS) is 10.2. The van der Waals surface area contributed by atoms with Crippen molar-refractivity contribution in [3.63, 3.8) is 0 Å². The average molecular weight is 244 g/mol. The fourth-order valence-electron chi connectivity index (χ4n) is 1.28. The van der Waals surface area contributed by atoms with Crippen LogP contribution in [0.1, 0.15) is 18.1 Å². The Balaban J connectivity index is 3.39. The van der Waals surface area contributed by atoms with Crippen LogP contribution in [-0.2, 0) is 6.42 Å². The van der Waals surface area contributed by atoms with Crippen LogP contribution < -0.4 is 10.5 Å². The molecule has 0 atom stereocenters. The Hall–Kier alpha value is -0.700. The predicted octanol–water partition coefficient (Wildman–Crippen LogP) is 2.91. The molecule has 0 saturated carbocycles. The van der Waals surface area contributed by atoms with Gasteiger partial charge in [-0.3, -0.25) is 0 Å². The molecular formula is C10H14BrNO. The largest absolute Gasteiger partial charge is 0.495 e. The van der Waals surface area contributed by atoms with Crippen molar-refractivity contribution in [2.75, 3.05) is 12.8 Å². The molecule has 0 bridgehead atoms. The van der Waals surface area contributed by atoms with Gasteiger partial charge in [-0.05, 0) is 46.5 Å². The van der Waals surface area contributed by atoms with E-state index in [9.17, 15) is 0 Å². The van der Waals surface area contributed by atoms with E-state index in [1.807, 2.05) is 13.0 Å². The van der Waals surface area contributed by atoms with Crippen molar-refractivity contribution < 1.29 is 4.74 Å². The molecule has 0 aliphatic heterocycles. The minimum Gasteiger partial charge on any atom is -0.495 e. The zero-order chi connectivity index (χ0) is 10.0. The number of rotatable bonds is 2. The van der Waals surface area contributed by atoms with Gasteiger partial charge >= 0.3 is 0 Å². The van der Waals surface area contributed by atoms with Gasteiger partial charge in [-0.15, -0.1) is 0 Å². The number of ether oxygens (including phenoxy) is 1. The fraction of sp³-hybridized carbons (Fsp3) is 0.400. The molecule has 2 nitrogen and oxygen atoms in total. The van der Waals surface area contributed by atoms with Crippen molar-refractivity contribution in [1.82, 2.24) is 0 Å². The van der Waals surface area contributed by atoms with Gasteiger partial charge in [0.2, 0.25) is 0 Å². The number of hydrogen-bond acceptors (Lipinski definition) is 2. The molecule has 1 rings (SSSR count). The highest BCUT2D eigenvalue weighted by atomic mass is 79.9. The topological polar surface area (TPSA) is 35.2 Å². The van der Waals surface area contributed by atoms with Gasteiger partial charge in [-0.2, -0.15) is 0 Å². The quantitative estimate of drug-likeness (QED) is 0.812. The Morgan fingerprint density at radius 2 is 2.15 bits per heavy atom. The molecule has 0 aromatic heterocycles. The van der Waals surface area contributed by atoms with Gasteiger partial charge in [-0.25, -0.2) is 0 Å². The lowest BCUT2D eigenvalue weighted by Crippen LogP contribution is -1.98. The lowest BCUT2D eigenvalue weighted by atomic mass is 10.1. The van der Waals surface area contributed by atoms with Gasteiger partial charge < -0.3 is 10.5 Å². The SMILES string of the molecule is CCc1cc(N)c(C)c(Br)c1OC. The zero-order valence-electron chi connectivity index (χ0n) is 8.15. The Morgan fingerprint density at radius 1 is 1.54 bits per heavy atom. The molecule has 0 fully saturated rings. The highest BCUT2D eigenvalue weighted by Crippen LogP contribution is 2.35. The summed E-state index contributed by atoms with van der Waals surface area (Å²) < 4.78 is 6.27. The molecule has 0 aliphatic rings. The standard InChI is InChI=1S/C10H14BrNO/c1-4-7-5-8(12)6(2)9(11)10(7)13-3/h5H,4,12H2,1-3H3. The molecule has 0 spiro atoms. The lowest BCUT2D eigenvalue weighted by molar-refractivity contribution is 0.407. The van der Waals surface area contributed by atoms with Gasteiger partial charge in [0, 0.05) is 5.69 Å². The number of anilines is 1. The molecule has 1 aromatic rings. The first kappa shape index (κ1) is 10.4. The molecule has 0 aliphatic carbocycles. The van der Waals surface area contributed by atoms with E-state index in [1.54, 1.807) is 7.11 Å². The van der Waals surface area contributed by atoms with Crippen molar-refractivity contribution in [2.24, 2.45) is 0 Å². The zero-order valence-corrected chi connectivity index (χ0v) is 9.73. The summed E-state index contributed by atoms with van der Waals surface area (Å²) >= 11 is 3.48. The first-order valence-corrected chi connectivity index (χ1v) is 5.02. The fourth-order valence-corrected chi connectivity index (χ4v) is 1.93. The molecule has 0 saturated heterocycles. The van der Waals surface area contributed by atoms with Gasteiger partial charge in [0.1, 0.15) is 5.75 Å². The van der Waals surface area contributed by atoms with E-state index in [-0.39, 0.29) is 0 Å². The monoisotopic (exact) mass is 243 g/mol. The van der Waals surface area contributed by atoms with Gasteiger partial charge in [-0.1, -0.05) is 6.92 Å². The maximum absolute atomic E-state index is 5.84. The second-order valence-corrected chi connectivity index (χ2v) is 3.74. The molecule has 72 valence electrons. The summed E-state index contributed by atoms with van der Waals surface area (Å²) in [5.41, 5.74) is 8.82. The minimum atomic E-state index is 0.810. The lowest BCUT2D eigenvalue weighted by Gasteiger charge is -2.13. The van der Waals surface area contributed by atoms with Crippen molar-refractivity contribution in [1.29, 1.82) is 0 Å². The van der Waals surface area contributed by atoms with Crippen molar-refractivity contribution in [3.05, 3.63) is 21.7 Å². The summed E-state index contributed by atoms with van der Waals surface area (Å²) in [6.45, 7) is 4.06. The van der Waals surface area contributed by atoms with Crippen LogP contribution in [0.15, 0.2) is 10.5 Å². The van der Waals surface area contributed by atoms with Crippen molar-refractivity contribution >= 4 is 21.6 Å². The van der Waals surface area contributed by atoms with E-state index in [4.69, 9.17) is 10.5 Å². The van der Waals surface area contributed by atoms with Crippen LogP contribution in [0.2, 0.25) is 0 Å². The Morgan fingerprint density at radius 3 is 2.62 bits per heavy atom. The second-order valence-electron chi connectivity index (χ2n) is 2.95. The van der Waals surface area contributed by atoms with E-state index in [1.165, 1.54) is 0 Å². The number of nitrogens with two attached hydrogens (primary N) is 1. The van der Waals surface area contributed by atoms with Crippen molar-refractivity contribution in [3.8, 4) is 5.75 Å². The number of hydrogen-bond donors (Lipinski definition) is 1. The minimum absolute atomic E-state index is 0.810. The van der Waals surface area contributed by atoms with E-state index >= 15 is 0 Å². The molecule has 3 heteroatoms. The third-order valence-electron chi connectivity index (χ3n) is 2.17. The molecule has 0 heterocycles. The van der Waals surface area contributed by atoms with Crippen LogP contribution in [0.4, 0.5) is 5.69 Å². The Kier molecular flexibility index (Phi) is 3.20. The number of nitrogen functional groups attached to an aromatic ring is 1. The van der Waals surface area contributed by atoms with Crippen LogP contribution in [0.3, 0.4) is 0 Å². The van der Waals surface area contributed by atoms with Crippen LogP contribution in [-0.4, -0.2) is 7.11 Å². The number of methoxy groups -OCH3 is 1. The van der Waals surface area contributed by atoms with E-state index < -0.39 is 0 Å². The summed E-state index contributed by atoms with van der Waals surface area (Å²) in [5, 5.41) is 0. The summed E-state index contributed by atoms with van der Waals surface area (Å²) in [7, 11) is 1.68. The van der Waals surface area contributed by atoms with Crippen LogP contribution >= 0.6 is 15.9 Å². The van der Waals surface area contributed by atoms with Gasteiger partial charge in [0.25, 0.3) is 0 Å².